The summed E-state index contributed by atoms with van der Waals surface area (Å²) in [6.07, 6.45) is 1.84. The third-order valence-corrected chi connectivity index (χ3v) is 10.1. The number of alkyl halides is 3. The average molecular weight is 589 g/mol. The number of halogens is 3. The minimum atomic E-state index is -4.84. The fourth-order valence-electron chi connectivity index (χ4n) is 5.85. The smallest absolute Gasteiger partial charge is 0.478 e. The van der Waals surface area contributed by atoms with Crippen molar-refractivity contribution < 1.29 is 40.8 Å². The highest BCUT2D eigenvalue weighted by molar-refractivity contribution is 7.89. The first-order valence-electron chi connectivity index (χ1n) is 13.3. The van der Waals surface area contributed by atoms with E-state index in [-0.39, 0.29) is 33.1 Å². The molecule has 1 spiro atoms. The van der Waals surface area contributed by atoms with Crippen LogP contribution in [0, 0.1) is 5.41 Å². The first kappa shape index (κ1) is 27.5. The molecule has 2 aromatic carbocycles. The maximum absolute atomic E-state index is 13.1. The van der Waals surface area contributed by atoms with Crippen molar-refractivity contribution in [2.75, 3.05) is 13.1 Å². The highest BCUT2D eigenvalue weighted by atomic mass is 32.2. The van der Waals surface area contributed by atoms with Gasteiger partial charge in [0.25, 0.3) is 0 Å². The first-order chi connectivity index (χ1) is 19.4. The Balaban J connectivity index is 1.18. The Morgan fingerprint density at radius 3 is 2.34 bits per heavy atom. The van der Waals surface area contributed by atoms with Crippen LogP contribution in [0.1, 0.15) is 66.1 Å². The van der Waals surface area contributed by atoms with Gasteiger partial charge in [0.1, 0.15) is 17.2 Å². The predicted octanol–water partition coefficient (Wildman–Crippen LogP) is 6.46. The van der Waals surface area contributed by atoms with E-state index in [9.17, 15) is 26.4 Å². The van der Waals surface area contributed by atoms with Crippen molar-refractivity contribution in [3.8, 4) is 17.0 Å². The number of benzene rings is 2. The van der Waals surface area contributed by atoms with E-state index in [2.05, 4.69) is 9.89 Å². The third kappa shape index (κ3) is 5.50. The maximum atomic E-state index is 13.1. The molecule has 0 unspecified atom stereocenters. The molecule has 6 rings (SSSR count). The van der Waals surface area contributed by atoms with E-state index in [1.165, 1.54) is 46.8 Å². The van der Waals surface area contributed by atoms with Gasteiger partial charge in [0.2, 0.25) is 10.0 Å². The van der Waals surface area contributed by atoms with Crippen molar-refractivity contribution in [3.05, 3.63) is 71.0 Å². The molecule has 8 nitrogen and oxygen atoms in total. The molecule has 3 aliphatic rings. The summed E-state index contributed by atoms with van der Waals surface area (Å²) in [7, 11) is -3.74. The second kappa shape index (κ2) is 10.0. The molecule has 0 amide bonds. The van der Waals surface area contributed by atoms with Gasteiger partial charge in [-0.3, -0.25) is 0 Å². The number of aromatic carboxylic acids is 1. The number of para-hydroxylation sites is 1. The van der Waals surface area contributed by atoms with Crippen molar-refractivity contribution in [2.45, 2.75) is 55.7 Å². The van der Waals surface area contributed by atoms with Gasteiger partial charge in [-0.25, -0.2) is 13.2 Å². The molecule has 0 atom stereocenters. The molecule has 2 aliphatic carbocycles. The molecule has 2 saturated carbocycles. The number of carboxylic acids is 1. The van der Waals surface area contributed by atoms with Gasteiger partial charge >= 0.3 is 12.3 Å². The van der Waals surface area contributed by atoms with Gasteiger partial charge < -0.3 is 14.4 Å². The van der Waals surface area contributed by atoms with Crippen molar-refractivity contribution in [3.63, 3.8) is 0 Å². The lowest BCUT2D eigenvalue weighted by atomic mass is 9.60. The average Bonchev–Trinajstić information content (AvgIpc) is 3.67. The summed E-state index contributed by atoms with van der Waals surface area (Å²) in [4.78, 5) is 11.2. The Morgan fingerprint density at radius 1 is 1.07 bits per heavy atom. The number of aromatic nitrogens is 1. The predicted molar refractivity (Wildman–Crippen MR) is 142 cm³/mol. The summed E-state index contributed by atoms with van der Waals surface area (Å²) >= 11 is 0. The van der Waals surface area contributed by atoms with Crippen LogP contribution in [0.5, 0.6) is 5.75 Å². The zero-order chi connectivity index (χ0) is 29.0. The third-order valence-electron chi connectivity index (χ3n) is 8.15. The molecule has 0 bridgehead atoms. The fraction of sp³-hybridized carbons (Fsp3) is 0.379. The molecule has 216 valence electrons. The monoisotopic (exact) mass is 588 g/mol. The lowest BCUT2D eigenvalue weighted by molar-refractivity contribution is -0.274. The second-order valence-corrected chi connectivity index (χ2v) is 13.0. The minimum absolute atomic E-state index is 0.0209. The van der Waals surface area contributed by atoms with Crippen molar-refractivity contribution >= 4 is 22.1 Å². The molecule has 12 heteroatoms. The molecule has 1 aromatic heterocycles. The molecule has 41 heavy (non-hydrogen) atoms. The van der Waals surface area contributed by atoms with E-state index in [0.29, 0.717) is 42.9 Å². The van der Waals surface area contributed by atoms with Crippen LogP contribution in [0.2, 0.25) is 0 Å². The number of rotatable bonds is 7. The van der Waals surface area contributed by atoms with Crippen LogP contribution in [0.15, 0.2) is 63.5 Å². The standard InChI is InChI=1S/C29H27F3N2O6S/c30-29(31,32)39-24-4-2-1-3-22(24)25-23(26(40-33-25)19-5-6-19)15-18-16-28(17-18)11-13-34(14-12-28)41(37,38)21-9-7-20(8-10-21)27(35)36/h1-4,7-10,15,19H,5-6,11-14,16-17H2,(H,35,36). The number of hydrogen-bond donors (Lipinski definition) is 1. The number of hydrogen-bond acceptors (Lipinski definition) is 6. The van der Waals surface area contributed by atoms with Crippen LogP contribution in [-0.4, -0.2) is 48.4 Å². The summed E-state index contributed by atoms with van der Waals surface area (Å²) in [5, 5.41) is 13.2. The largest absolute Gasteiger partial charge is 0.573 e. The van der Waals surface area contributed by atoms with Gasteiger partial charge in [-0.2, -0.15) is 4.31 Å². The Kier molecular flexibility index (Phi) is 6.73. The van der Waals surface area contributed by atoms with Crippen molar-refractivity contribution in [1.29, 1.82) is 0 Å². The maximum Gasteiger partial charge on any atom is 0.573 e. The Hall–Kier alpha value is -3.64. The number of carbonyl (C=O) groups is 1. The summed E-state index contributed by atoms with van der Waals surface area (Å²) in [6, 6.07) is 11.1. The van der Waals surface area contributed by atoms with E-state index in [1.807, 2.05) is 6.08 Å². The number of piperidine rings is 1. The molecule has 3 aromatic rings. The zero-order valence-corrected chi connectivity index (χ0v) is 22.7. The van der Waals surface area contributed by atoms with Gasteiger partial charge in [-0.05, 0) is 86.4 Å². The van der Waals surface area contributed by atoms with Crippen LogP contribution < -0.4 is 4.74 Å². The van der Waals surface area contributed by atoms with E-state index in [1.54, 1.807) is 6.07 Å². The SMILES string of the molecule is O=C(O)c1ccc(S(=O)(=O)N2CCC3(CC2)CC(=Cc2c(-c4ccccc4OC(F)(F)F)noc2C2CC2)C3)cc1. The summed E-state index contributed by atoms with van der Waals surface area (Å²) in [5.41, 5.74) is 2.30. The van der Waals surface area contributed by atoms with Gasteiger partial charge in [0.15, 0.2) is 0 Å². The summed E-state index contributed by atoms with van der Waals surface area (Å²) in [6.45, 7) is 0.703. The van der Waals surface area contributed by atoms with Gasteiger partial charge in [0, 0.05) is 30.1 Å². The highest BCUT2D eigenvalue weighted by Gasteiger charge is 2.45. The minimum Gasteiger partial charge on any atom is -0.478 e. The van der Waals surface area contributed by atoms with Crippen LogP contribution in [0.3, 0.4) is 0 Å². The van der Waals surface area contributed by atoms with E-state index < -0.39 is 22.4 Å². The van der Waals surface area contributed by atoms with Gasteiger partial charge in [-0.1, -0.05) is 22.9 Å². The normalized spacial score (nSPS) is 19.1. The number of nitrogens with zero attached hydrogens (tertiary/aromatic N) is 2. The van der Waals surface area contributed by atoms with Crippen molar-refractivity contribution in [2.24, 2.45) is 5.41 Å². The Labute approximate surface area is 234 Å². The second-order valence-electron chi connectivity index (χ2n) is 11.0. The van der Waals surface area contributed by atoms with Gasteiger partial charge in [0.05, 0.1) is 10.5 Å². The topological polar surface area (TPSA) is 110 Å². The number of carboxylic acid groups (broad SMARTS) is 1. The molecule has 1 aliphatic heterocycles. The summed E-state index contributed by atoms with van der Waals surface area (Å²) in [5.74, 6) is -0.605. The van der Waals surface area contributed by atoms with Crippen LogP contribution in [0.25, 0.3) is 17.3 Å². The van der Waals surface area contributed by atoms with Gasteiger partial charge in [-0.15, -0.1) is 13.2 Å². The van der Waals surface area contributed by atoms with Crippen LogP contribution in [-0.2, 0) is 10.0 Å². The Morgan fingerprint density at radius 2 is 1.73 bits per heavy atom. The number of ether oxygens (including phenoxy) is 1. The van der Waals surface area contributed by atoms with Crippen molar-refractivity contribution in [1.82, 2.24) is 9.46 Å². The molecule has 0 radical (unpaired) electrons. The lowest BCUT2D eigenvalue weighted by Crippen LogP contribution is -2.46. The number of sulfonamides is 1. The molecular weight excluding hydrogens is 561 g/mol. The van der Waals surface area contributed by atoms with E-state index in [0.717, 1.165) is 31.3 Å². The van der Waals surface area contributed by atoms with Crippen LogP contribution in [0.4, 0.5) is 13.2 Å². The first-order valence-corrected chi connectivity index (χ1v) is 14.8. The van der Waals surface area contributed by atoms with Crippen LogP contribution >= 0.6 is 0 Å². The lowest BCUT2D eigenvalue weighted by Gasteiger charge is -2.49. The van der Waals surface area contributed by atoms with E-state index >= 15 is 0 Å². The fourth-order valence-corrected chi connectivity index (χ4v) is 7.29. The van der Waals surface area contributed by atoms with E-state index in [4.69, 9.17) is 9.63 Å². The molecule has 1 saturated heterocycles. The molecular formula is C29H27F3N2O6S. The highest BCUT2D eigenvalue weighted by Crippen LogP contribution is 2.54. The Bertz CT molecular complexity index is 1610. The molecule has 2 heterocycles. The zero-order valence-electron chi connectivity index (χ0n) is 21.9. The number of allylic oxidation sites excluding steroid dienone is 1. The quantitative estimate of drug-likeness (QED) is 0.337. The molecule has 3 fully saturated rings. The summed E-state index contributed by atoms with van der Waals surface area (Å²) < 4.78 is 76.8. The molecule has 1 N–H and O–H groups in total.